The van der Waals surface area contributed by atoms with Crippen LogP contribution in [-0.4, -0.2) is 36.8 Å². The topological polar surface area (TPSA) is 73.9 Å². The Morgan fingerprint density at radius 1 is 1.04 bits per heavy atom. The summed E-state index contributed by atoms with van der Waals surface area (Å²) in [5.41, 5.74) is 6.92. The number of rotatable bonds is 11. The van der Waals surface area contributed by atoms with Crippen LogP contribution in [0.15, 0.2) is 24.3 Å². The van der Waals surface area contributed by atoms with Crippen LogP contribution in [0, 0.1) is 5.92 Å². The molecule has 23 heavy (non-hydrogen) atoms. The summed E-state index contributed by atoms with van der Waals surface area (Å²) in [7, 11) is 0. The molecule has 0 saturated carbocycles. The van der Waals surface area contributed by atoms with Gasteiger partial charge >= 0.3 is 0 Å². The Bertz CT molecular complexity index is 420. The van der Waals surface area contributed by atoms with Gasteiger partial charge in [-0.05, 0) is 43.9 Å². The van der Waals surface area contributed by atoms with Crippen LogP contribution in [0.4, 0.5) is 0 Å². The van der Waals surface area contributed by atoms with Crippen molar-refractivity contribution in [1.82, 2.24) is 0 Å². The Hall–Kier alpha value is -1.14. The van der Waals surface area contributed by atoms with Crippen LogP contribution in [0.5, 0.6) is 5.75 Å². The van der Waals surface area contributed by atoms with Crippen molar-refractivity contribution >= 4 is 0 Å². The Morgan fingerprint density at radius 3 is 2.26 bits per heavy atom. The van der Waals surface area contributed by atoms with Crippen molar-refractivity contribution in [2.75, 3.05) is 13.2 Å². The molecule has 132 valence electrons. The molecule has 0 fully saturated rings. The predicted molar refractivity (Wildman–Crippen MR) is 91.3 cm³/mol. The molecule has 0 amide bonds. The molecule has 5 heteroatoms. The summed E-state index contributed by atoms with van der Waals surface area (Å²) in [4.78, 5) is 0. The van der Waals surface area contributed by atoms with E-state index in [4.69, 9.17) is 19.9 Å². The van der Waals surface area contributed by atoms with Crippen molar-refractivity contribution < 1.29 is 19.3 Å². The fourth-order valence-electron chi connectivity index (χ4n) is 2.05. The van der Waals surface area contributed by atoms with Gasteiger partial charge in [0.25, 0.3) is 0 Å². The van der Waals surface area contributed by atoms with Gasteiger partial charge in [0.2, 0.25) is 0 Å². The first-order chi connectivity index (χ1) is 10.9. The van der Waals surface area contributed by atoms with Crippen LogP contribution in [0.25, 0.3) is 0 Å². The van der Waals surface area contributed by atoms with Crippen LogP contribution >= 0.6 is 0 Å². The van der Waals surface area contributed by atoms with Crippen molar-refractivity contribution in [3.63, 3.8) is 0 Å². The molecule has 0 radical (unpaired) electrons. The summed E-state index contributed by atoms with van der Waals surface area (Å²) in [5, 5.41) is 9.93. The zero-order chi connectivity index (χ0) is 17.2. The first-order valence-electron chi connectivity index (χ1n) is 8.27. The maximum Gasteiger partial charge on any atom is 0.173 e. The second kappa shape index (κ2) is 10.6. The molecular formula is C18H31NO4. The quantitative estimate of drug-likeness (QED) is 0.483. The van der Waals surface area contributed by atoms with E-state index in [-0.39, 0.29) is 6.10 Å². The number of hydrogen-bond acceptors (Lipinski definition) is 5. The van der Waals surface area contributed by atoms with Gasteiger partial charge < -0.3 is 19.3 Å². The molecule has 0 heterocycles. The molecule has 0 aliphatic rings. The predicted octanol–water partition coefficient (Wildman–Crippen LogP) is 2.70. The summed E-state index contributed by atoms with van der Waals surface area (Å²) < 4.78 is 16.5. The normalized spacial score (nSPS) is 14.3. The van der Waals surface area contributed by atoms with Gasteiger partial charge in [-0.25, -0.2) is 0 Å². The summed E-state index contributed by atoms with van der Waals surface area (Å²) >= 11 is 0. The van der Waals surface area contributed by atoms with Gasteiger partial charge in [0, 0.05) is 0 Å². The van der Waals surface area contributed by atoms with E-state index in [1.54, 1.807) is 0 Å². The van der Waals surface area contributed by atoms with Gasteiger partial charge in [-0.3, -0.25) is 5.73 Å². The molecule has 5 nitrogen and oxygen atoms in total. The largest absolute Gasteiger partial charge is 0.473 e. The van der Waals surface area contributed by atoms with Crippen LogP contribution < -0.4 is 10.5 Å². The van der Waals surface area contributed by atoms with Crippen LogP contribution in [0.1, 0.15) is 39.7 Å². The summed E-state index contributed by atoms with van der Waals surface area (Å²) in [6.45, 7) is 9.78. The molecular weight excluding hydrogens is 294 g/mol. The Labute approximate surface area is 139 Å². The van der Waals surface area contributed by atoms with Crippen molar-refractivity contribution in [1.29, 1.82) is 0 Å². The fraction of sp³-hybridized carbons (Fsp3) is 0.667. The second-order valence-corrected chi connectivity index (χ2v) is 6.40. The molecule has 0 aliphatic carbocycles. The average molecular weight is 325 g/mol. The molecule has 0 aliphatic heterocycles. The van der Waals surface area contributed by atoms with Gasteiger partial charge in [-0.15, -0.1) is 0 Å². The average Bonchev–Trinajstić information content (AvgIpc) is 2.47. The van der Waals surface area contributed by atoms with Crippen molar-refractivity contribution in [3.8, 4) is 5.75 Å². The second-order valence-electron chi connectivity index (χ2n) is 6.40. The Kier molecular flexibility index (Phi) is 9.17. The third kappa shape index (κ3) is 8.91. The zero-order valence-electron chi connectivity index (χ0n) is 14.7. The van der Waals surface area contributed by atoms with E-state index >= 15 is 0 Å². The van der Waals surface area contributed by atoms with Gasteiger partial charge in [-0.1, -0.05) is 26.0 Å². The number of aliphatic hydroxyl groups is 1. The first kappa shape index (κ1) is 19.9. The highest BCUT2D eigenvalue weighted by molar-refractivity contribution is 5.27. The summed E-state index contributed by atoms with van der Waals surface area (Å²) in [6.07, 6.45) is -0.539. The van der Waals surface area contributed by atoms with Crippen LogP contribution in [0.2, 0.25) is 0 Å². The maximum atomic E-state index is 9.93. The molecule has 2 unspecified atom stereocenters. The molecule has 1 aromatic rings. The lowest BCUT2D eigenvalue weighted by Crippen LogP contribution is -2.40. The van der Waals surface area contributed by atoms with E-state index < -0.39 is 12.3 Å². The van der Waals surface area contributed by atoms with Crippen LogP contribution in [0.3, 0.4) is 0 Å². The summed E-state index contributed by atoms with van der Waals surface area (Å²) in [5.74, 6) is 1.02. The zero-order valence-corrected chi connectivity index (χ0v) is 14.7. The van der Waals surface area contributed by atoms with E-state index in [0.29, 0.717) is 37.9 Å². The molecule has 0 saturated heterocycles. The molecule has 0 bridgehead atoms. The standard InChI is InChI=1S/C18H31NO4/c1-13(2)11-17(20)18(19)23-16-7-5-15(6-8-16)12-21-9-10-22-14(3)4/h5-8,13-14,17-18,20H,9-12,19H2,1-4H3. The molecule has 1 rings (SSSR count). The smallest absolute Gasteiger partial charge is 0.173 e. The Morgan fingerprint density at radius 2 is 1.70 bits per heavy atom. The number of hydrogen-bond donors (Lipinski definition) is 2. The van der Waals surface area contributed by atoms with E-state index in [0.717, 1.165) is 5.56 Å². The minimum absolute atomic E-state index is 0.227. The molecule has 2 atom stereocenters. The number of benzene rings is 1. The van der Waals surface area contributed by atoms with E-state index in [1.165, 1.54) is 0 Å². The lowest BCUT2D eigenvalue weighted by molar-refractivity contribution is 0.0142. The maximum absolute atomic E-state index is 9.93. The number of aliphatic hydroxyl groups excluding tert-OH is 1. The molecule has 1 aromatic carbocycles. The molecule has 3 N–H and O–H groups in total. The molecule has 0 spiro atoms. The van der Waals surface area contributed by atoms with Crippen molar-refractivity contribution in [2.45, 2.75) is 59.2 Å². The Balaban J connectivity index is 2.32. The monoisotopic (exact) mass is 325 g/mol. The lowest BCUT2D eigenvalue weighted by Gasteiger charge is -2.21. The summed E-state index contributed by atoms with van der Waals surface area (Å²) in [6, 6.07) is 7.54. The SMILES string of the molecule is CC(C)CC(O)C(N)Oc1ccc(COCCOC(C)C)cc1. The number of ether oxygens (including phenoxy) is 3. The van der Waals surface area contributed by atoms with Gasteiger partial charge in [0.15, 0.2) is 6.23 Å². The van der Waals surface area contributed by atoms with E-state index in [9.17, 15) is 5.11 Å². The molecule has 0 aromatic heterocycles. The fourth-order valence-corrected chi connectivity index (χ4v) is 2.05. The number of nitrogens with two attached hydrogens (primary N) is 1. The van der Waals surface area contributed by atoms with Crippen molar-refractivity contribution in [3.05, 3.63) is 29.8 Å². The minimum Gasteiger partial charge on any atom is -0.473 e. The van der Waals surface area contributed by atoms with Crippen molar-refractivity contribution in [2.24, 2.45) is 11.7 Å². The van der Waals surface area contributed by atoms with Gasteiger partial charge in [0.1, 0.15) is 11.9 Å². The first-order valence-corrected chi connectivity index (χ1v) is 8.27. The third-order valence-electron chi connectivity index (χ3n) is 3.24. The highest BCUT2D eigenvalue weighted by atomic mass is 16.5. The van der Waals surface area contributed by atoms with E-state index in [2.05, 4.69) is 0 Å². The van der Waals surface area contributed by atoms with Gasteiger partial charge in [-0.2, -0.15) is 0 Å². The highest BCUT2D eigenvalue weighted by Gasteiger charge is 2.17. The van der Waals surface area contributed by atoms with Crippen LogP contribution in [-0.2, 0) is 16.1 Å². The third-order valence-corrected chi connectivity index (χ3v) is 3.24. The van der Waals surface area contributed by atoms with E-state index in [1.807, 2.05) is 52.0 Å². The lowest BCUT2D eigenvalue weighted by atomic mass is 10.1. The highest BCUT2D eigenvalue weighted by Crippen LogP contribution is 2.16. The van der Waals surface area contributed by atoms with Gasteiger partial charge in [0.05, 0.1) is 25.9 Å². The minimum atomic E-state index is -0.715.